The van der Waals surface area contributed by atoms with Gasteiger partial charge in [0.1, 0.15) is 5.75 Å². The standard InChI is InChI=1S/C21H27O2P/c1-7-21(5,18-13-14(2)12-15(3)20(18)23-6)24-19-11-9-8-10-17(19)16(4)22/h8-13,24H,7H2,1-6H3. The Kier molecular flexibility index (Phi) is 5.83. The van der Waals surface area contributed by atoms with E-state index in [0.29, 0.717) is 8.58 Å². The normalized spacial score (nSPS) is 13.9. The van der Waals surface area contributed by atoms with E-state index in [2.05, 4.69) is 45.9 Å². The minimum Gasteiger partial charge on any atom is -0.496 e. The zero-order chi connectivity index (χ0) is 17.9. The van der Waals surface area contributed by atoms with Crippen LogP contribution in [0.5, 0.6) is 5.75 Å². The van der Waals surface area contributed by atoms with E-state index in [0.717, 1.165) is 28.6 Å². The van der Waals surface area contributed by atoms with E-state index < -0.39 is 0 Å². The molecule has 0 amide bonds. The van der Waals surface area contributed by atoms with Crippen molar-refractivity contribution in [1.82, 2.24) is 0 Å². The van der Waals surface area contributed by atoms with Crippen molar-refractivity contribution in [2.45, 2.75) is 46.2 Å². The fraction of sp³-hybridized carbons (Fsp3) is 0.381. The quantitative estimate of drug-likeness (QED) is 0.536. The fourth-order valence-electron chi connectivity index (χ4n) is 3.18. The molecular formula is C21H27O2P. The molecule has 0 saturated heterocycles. The van der Waals surface area contributed by atoms with Crippen LogP contribution in [0.2, 0.25) is 0 Å². The van der Waals surface area contributed by atoms with Crippen LogP contribution in [0.1, 0.15) is 54.2 Å². The van der Waals surface area contributed by atoms with Gasteiger partial charge in [0.25, 0.3) is 0 Å². The highest BCUT2D eigenvalue weighted by atomic mass is 31.1. The van der Waals surface area contributed by atoms with Gasteiger partial charge in [0.05, 0.1) is 7.11 Å². The lowest BCUT2D eigenvalue weighted by molar-refractivity contribution is 0.101. The van der Waals surface area contributed by atoms with E-state index in [1.807, 2.05) is 18.2 Å². The summed E-state index contributed by atoms with van der Waals surface area (Å²) in [5.41, 5.74) is 4.48. The van der Waals surface area contributed by atoms with Crippen molar-refractivity contribution in [2.24, 2.45) is 0 Å². The first-order valence-electron chi connectivity index (χ1n) is 8.36. The number of benzene rings is 2. The smallest absolute Gasteiger partial charge is 0.160 e. The number of hydrogen-bond acceptors (Lipinski definition) is 2. The van der Waals surface area contributed by atoms with Gasteiger partial charge in [-0.05, 0) is 38.1 Å². The van der Waals surface area contributed by atoms with Gasteiger partial charge in [-0.3, -0.25) is 4.79 Å². The van der Waals surface area contributed by atoms with Gasteiger partial charge in [-0.1, -0.05) is 64.4 Å². The first-order chi connectivity index (χ1) is 11.3. The van der Waals surface area contributed by atoms with Crippen LogP contribution in [0.15, 0.2) is 36.4 Å². The molecule has 0 aliphatic heterocycles. The van der Waals surface area contributed by atoms with E-state index in [1.165, 1.54) is 11.1 Å². The topological polar surface area (TPSA) is 26.3 Å². The van der Waals surface area contributed by atoms with Crippen LogP contribution in [0.3, 0.4) is 0 Å². The maximum Gasteiger partial charge on any atom is 0.160 e. The minimum atomic E-state index is -0.0618. The first-order valence-corrected chi connectivity index (χ1v) is 9.36. The monoisotopic (exact) mass is 342 g/mol. The van der Waals surface area contributed by atoms with Crippen LogP contribution in [-0.2, 0) is 5.16 Å². The molecule has 2 nitrogen and oxygen atoms in total. The summed E-state index contributed by atoms with van der Waals surface area (Å²) in [6.45, 7) is 10.3. The van der Waals surface area contributed by atoms with E-state index in [-0.39, 0.29) is 10.9 Å². The van der Waals surface area contributed by atoms with Gasteiger partial charge >= 0.3 is 0 Å². The number of hydrogen-bond donors (Lipinski definition) is 0. The SMILES string of the molecule is CCC(C)(Pc1ccccc1C(C)=O)c1cc(C)cc(C)c1OC. The number of methoxy groups -OCH3 is 1. The Morgan fingerprint density at radius 1 is 1.21 bits per heavy atom. The van der Waals surface area contributed by atoms with Crippen molar-refractivity contribution in [3.8, 4) is 5.75 Å². The summed E-state index contributed by atoms with van der Waals surface area (Å²) in [5, 5.41) is 1.07. The van der Waals surface area contributed by atoms with Crippen LogP contribution in [0.25, 0.3) is 0 Å². The molecule has 0 spiro atoms. The Labute approximate surface area is 147 Å². The Morgan fingerprint density at radius 2 is 1.88 bits per heavy atom. The van der Waals surface area contributed by atoms with Gasteiger partial charge in [-0.15, -0.1) is 0 Å². The summed E-state index contributed by atoms with van der Waals surface area (Å²) >= 11 is 0. The highest BCUT2D eigenvalue weighted by Crippen LogP contribution is 2.48. The molecule has 0 bridgehead atoms. The molecule has 0 fully saturated rings. The number of carbonyl (C=O) groups excluding carboxylic acids is 1. The minimum absolute atomic E-state index is 0.0618. The Morgan fingerprint density at radius 3 is 2.46 bits per heavy atom. The van der Waals surface area contributed by atoms with Crippen molar-refractivity contribution in [3.05, 3.63) is 58.7 Å². The third-order valence-electron chi connectivity index (χ3n) is 4.64. The summed E-state index contributed by atoms with van der Waals surface area (Å²) < 4.78 is 5.73. The van der Waals surface area contributed by atoms with Gasteiger partial charge in [0.2, 0.25) is 0 Å². The first kappa shape index (κ1) is 18.7. The van der Waals surface area contributed by atoms with E-state index in [9.17, 15) is 4.79 Å². The molecule has 2 aromatic rings. The summed E-state index contributed by atoms with van der Waals surface area (Å²) in [4.78, 5) is 12.0. The van der Waals surface area contributed by atoms with Crippen LogP contribution >= 0.6 is 8.58 Å². The highest BCUT2D eigenvalue weighted by molar-refractivity contribution is 7.48. The van der Waals surface area contributed by atoms with Gasteiger partial charge in [0, 0.05) is 16.3 Å². The predicted octanol–water partition coefficient (Wildman–Crippen LogP) is 5.14. The molecule has 0 N–H and O–H groups in total. The summed E-state index contributed by atoms with van der Waals surface area (Å²) in [5.74, 6) is 1.10. The lowest BCUT2D eigenvalue weighted by atomic mass is 9.92. The number of ketones is 1. The van der Waals surface area contributed by atoms with Crippen LogP contribution in [0, 0.1) is 13.8 Å². The van der Waals surface area contributed by atoms with Crippen LogP contribution in [-0.4, -0.2) is 12.9 Å². The van der Waals surface area contributed by atoms with Crippen molar-refractivity contribution in [2.75, 3.05) is 7.11 Å². The Hall–Kier alpha value is -1.66. The molecule has 3 heteroatoms. The molecule has 2 aromatic carbocycles. The van der Waals surface area contributed by atoms with Gasteiger partial charge in [-0.25, -0.2) is 0 Å². The number of ether oxygens (including phenoxy) is 1. The van der Waals surface area contributed by atoms with E-state index >= 15 is 0 Å². The third kappa shape index (κ3) is 3.70. The molecular weight excluding hydrogens is 315 g/mol. The van der Waals surface area contributed by atoms with E-state index in [4.69, 9.17) is 4.74 Å². The average molecular weight is 342 g/mol. The Bertz CT molecular complexity index is 751. The molecule has 0 radical (unpaired) electrons. The summed E-state index contributed by atoms with van der Waals surface area (Å²) in [6.07, 6.45) is 0.983. The molecule has 0 aliphatic carbocycles. The van der Waals surface area contributed by atoms with Gasteiger partial charge in [0.15, 0.2) is 5.78 Å². The lowest BCUT2D eigenvalue weighted by Gasteiger charge is -2.32. The van der Waals surface area contributed by atoms with Crippen molar-refractivity contribution in [1.29, 1.82) is 0 Å². The zero-order valence-corrected chi connectivity index (χ0v) is 16.5. The molecule has 0 aliphatic rings. The van der Waals surface area contributed by atoms with Gasteiger partial charge < -0.3 is 4.74 Å². The molecule has 0 heterocycles. The maximum atomic E-state index is 12.0. The summed E-state index contributed by atoms with van der Waals surface area (Å²) in [6, 6.07) is 12.4. The van der Waals surface area contributed by atoms with Crippen molar-refractivity contribution in [3.63, 3.8) is 0 Å². The van der Waals surface area contributed by atoms with E-state index in [1.54, 1.807) is 14.0 Å². The van der Waals surface area contributed by atoms with Crippen LogP contribution in [0.4, 0.5) is 0 Å². The second kappa shape index (κ2) is 7.49. The number of carbonyl (C=O) groups is 1. The fourth-order valence-corrected chi connectivity index (χ4v) is 4.84. The third-order valence-corrected chi connectivity index (χ3v) is 6.52. The molecule has 2 rings (SSSR count). The zero-order valence-electron chi connectivity index (χ0n) is 15.5. The molecule has 2 atom stereocenters. The van der Waals surface area contributed by atoms with Gasteiger partial charge in [-0.2, -0.15) is 0 Å². The lowest BCUT2D eigenvalue weighted by Crippen LogP contribution is -2.22. The van der Waals surface area contributed by atoms with Crippen LogP contribution < -0.4 is 10.0 Å². The second-order valence-corrected chi connectivity index (χ2v) is 8.47. The maximum absolute atomic E-state index is 12.0. The predicted molar refractivity (Wildman–Crippen MR) is 105 cm³/mol. The Balaban J connectivity index is 2.57. The molecule has 0 saturated carbocycles. The highest BCUT2D eigenvalue weighted by Gasteiger charge is 2.30. The molecule has 128 valence electrons. The number of rotatable bonds is 6. The average Bonchev–Trinajstić information content (AvgIpc) is 2.54. The number of Topliss-reactive ketones (excluding diaryl/α,β-unsaturated/α-hetero) is 1. The summed E-state index contributed by atoms with van der Waals surface area (Å²) in [7, 11) is 2.25. The molecule has 24 heavy (non-hydrogen) atoms. The van der Waals surface area contributed by atoms with Crippen molar-refractivity contribution < 1.29 is 9.53 Å². The second-order valence-electron chi connectivity index (χ2n) is 6.58. The molecule has 2 unspecified atom stereocenters. The molecule has 0 aromatic heterocycles. The number of aryl methyl sites for hydroxylation is 2. The largest absolute Gasteiger partial charge is 0.496 e. The van der Waals surface area contributed by atoms with Crippen molar-refractivity contribution >= 4 is 19.7 Å².